The van der Waals surface area contributed by atoms with Gasteiger partial charge in [0.2, 0.25) is 0 Å². The lowest BCUT2D eigenvalue weighted by Crippen LogP contribution is -2.29. The molecule has 9 nitrogen and oxygen atoms in total. The number of fused-ring (bicyclic) bond motifs is 1. The Kier molecular flexibility index (Phi) is 9.14. The first-order valence-electron chi connectivity index (χ1n) is 12.1. The molecular weight excluding hydrogens is 450 g/mol. The Balaban J connectivity index is 1.71. The summed E-state index contributed by atoms with van der Waals surface area (Å²) >= 11 is 0. The van der Waals surface area contributed by atoms with E-state index in [0.29, 0.717) is 48.4 Å². The van der Waals surface area contributed by atoms with E-state index in [9.17, 15) is 14.4 Å². The molecule has 1 fully saturated rings. The van der Waals surface area contributed by atoms with Gasteiger partial charge in [-0.3, -0.25) is 9.69 Å². The maximum absolute atomic E-state index is 12.5. The van der Waals surface area contributed by atoms with E-state index in [4.69, 9.17) is 14.2 Å². The molecule has 1 saturated heterocycles. The van der Waals surface area contributed by atoms with E-state index in [-0.39, 0.29) is 18.6 Å². The zero-order chi connectivity index (χ0) is 25.5. The lowest BCUT2D eigenvalue weighted by molar-refractivity contribution is -0.143. The van der Waals surface area contributed by atoms with Crippen molar-refractivity contribution < 1.29 is 28.6 Å². The highest BCUT2D eigenvalue weighted by Crippen LogP contribution is 2.41. The molecule has 3 rings (SSSR count). The largest absolute Gasteiger partial charge is 0.496 e. The van der Waals surface area contributed by atoms with Crippen molar-refractivity contribution in [3.05, 3.63) is 33.9 Å². The Morgan fingerprint density at radius 2 is 1.91 bits per heavy atom. The van der Waals surface area contributed by atoms with Gasteiger partial charge in [0.15, 0.2) is 0 Å². The first kappa shape index (κ1) is 26.5. The normalized spacial score (nSPS) is 15.6. The third-order valence-electron chi connectivity index (χ3n) is 6.56. The van der Waals surface area contributed by atoms with Crippen molar-refractivity contribution in [1.29, 1.82) is 0 Å². The number of benzene rings is 1. The third-order valence-corrected chi connectivity index (χ3v) is 6.56. The molecule has 2 heterocycles. The quantitative estimate of drug-likeness (QED) is 0.397. The predicted molar refractivity (Wildman–Crippen MR) is 133 cm³/mol. The smallest absolute Gasteiger partial charge is 0.341 e. The second kappa shape index (κ2) is 12.1. The number of anilines is 1. The summed E-state index contributed by atoms with van der Waals surface area (Å²) in [6.45, 7) is 7.38. The molecule has 9 heteroatoms. The van der Waals surface area contributed by atoms with E-state index in [0.717, 1.165) is 36.3 Å². The van der Waals surface area contributed by atoms with Crippen molar-refractivity contribution in [2.45, 2.75) is 52.6 Å². The topological polar surface area (TPSA) is 97.4 Å². The number of amides is 2. The van der Waals surface area contributed by atoms with Gasteiger partial charge in [-0.05, 0) is 58.2 Å². The number of cyclic esters (lactones) is 1. The van der Waals surface area contributed by atoms with Crippen LogP contribution in [0.15, 0.2) is 11.6 Å². The van der Waals surface area contributed by atoms with Gasteiger partial charge >= 0.3 is 18.0 Å². The number of allylic oxidation sites excluding steroid dienone is 2. The number of likely N-dealkylation sites (tertiary alicyclic amines) is 1. The highest BCUT2D eigenvalue weighted by atomic mass is 16.5. The Morgan fingerprint density at radius 3 is 2.57 bits per heavy atom. The number of hydrogen-bond donors (Lipinski definition) is 1. The molecule has 1 aromatic carbocycles. The zero-order valence-corrected chi connectivity index (χ0v) is 21.5. The minimum Gasteiger partial charge on any atom is -0.496 e. The minimum absolute atomic E-state index is 0.149. The number of nitrogens with one attached hydrogen (secondary N) is 1. The van der Waals surface area contributed by atoms with Gasteiger partial charge in [-0.1, -0.05) is 11.6 Å². The van der Waals surface area contributed by atoms with Crippen LogP contribution in [0.5, 0.6) is 5.75 Å². The van der Waals surface area contributed by atoms with E-state index in [1.165, 1.54) is 17.7 Å². The van der Waals surface area contributed by atoms with E-state index >= 15 is 0 Å². The Morgan fingerprint density at radius 1 is 1.20 bits per heavy atom. The van der Waals surface area contributed by atoms with Crippen LogP contribution < -0.4 is 10.1 Å². The van der Waals surface area contributed by atoms with Crippen molar-refractivity contribution >= 4 is 23.7 Å². The summed E-state index contributed by atoms with van der Waals surface area (Å²) in [7, 11) is 4.84. The molecular formula is C26H37N3O6. The number of carbonyl (C=O) groups excluding carboxylic acids is 3. The monoisotopic (exact) mass is 487 g/mol. The van der Waals surface area contributed by atoms with Crippen LogP contribution in [-0.2, 0) is 27.3 Å². The number of urea groups is 1. The number of carbonyl (C=O) groups is 3. The third kappa shape index (κ3) is 6.54. The first-order chi connectivity index (χ1) is 16.7. The van der Waals surface area contributed by atoms with Crippen LogP contribution in [0.25, 0.3) is 0 Å². The van der Waals surface area contributed by atoms with Gasteiger partial charge in [-0.2, -0.15) is 0 Å². The molecule has 0 aromatic heterocycles. The van der Waals surface area contributed by atoms with E-state index in [1.54, 1.807) is 21.2 Å². The fraction of sp³-hybridized carbons (Fsp3) is 0.577. The maximum Gasteiger partial charge on any atom is 0.341 e. The first-order valence-corrected chi connectivity index (χ1v) is 12.1. The highest BCUT2D eigenvalue weighted by molar-refractivity contribution is 6.05. The summed E-state index contributed by atoms with van der Waals surface area (Å²) < 4.78 is 16.4. The number of rotatable bonds is 10. The summed E-state index contributed by atoms with van der Waals surface area (Å²) in [5, 5.41) is 2.86. The molecule has 192 valence electrons. The molecule has 0 bridgehead atoms. The number of hydrogen-bond acceptors (Lipinski definition) is 7. The molecule has 0 spiro atoms. The molecule has 0 unspecified atom stereocenters. The maximum atomic E-state index is 12.5. The minimum atomic E-state index is -0.460. The molecule has 1 N–H and O–H groups in total. The van der Waals surface area contributed by atoms with Gasteiger partial charge in [0.1, 0.15) is 19.0 Å². The highest BCUT2D eigenvalue weighted by Gasteiger charge is 2.32. The van der Waals surface area contributed by atoms with Gasteiger partial charge in [-0.25, -0.2) is 9.59 Å². The lowest BCUT2D eigenvalue weighted by Gasteiger charge is -2.21. The van der Waals surface area contributed by atoms with Crippen LogP contribution in [0.2, 0.25) is 0 Å². The average Bonchev–Trinajstić information content (AvgIpc) is 3.48. The molecule has 0 atom stereocenters. The lowest BCUT2D eigenvalue weighted by atomic mass is 9.93. The molecule has 35 heavy (non-hydrogen) atoms. The van der Waals surface area contributed by atoms with Gasteiger partial charge in [-0.15, -0.1) is 0 Å². The van der Waals surface area contributed by atoms with Crippen LogP contribution >= 0.6 is 0 Å². The zero-order valence-electron chi connectivity index (χ0n) is 21.5. The van der Waals surface area contributed by atoms with Crippen LogP contribution in [-0.4, -0.2) is 75.2 Å². The van der Waals surface area contributed by atoms with Crippen molar-refractivity contribution in [3.8, 4) is 5.75 Å². The number of methoxy groups -OCH3 is 1. The van der Waals surface area contributed by atoms with Gasteiger partial charge in [0.05, 0.1) is 18.4 Å². The van der Waals surface area contributed by atoms with Crippen molar-refractivity contribution in [2.24, 2.45) is 0 Å². The fourth-order valence-electron chi connectivity index (χ4n) is 4.45. The summed E-state index contributed by atoms with van der Waals surface area (Å²) in [6, 6.07) is -0.351. The second-order valence-electron chi connectivity index (χ2n) is 9.29. The van der Waals surface area contributed by atoms with Crippen molar-refractivity contribution in [3.63, 3.8) is 0 Å². The molecule has 0 radical (unpaired) electrons. The Labute approximate surface area is 207 Å². The van der Waals surface area contributed by atoms with Crippen LogP contribution in [0.4, 0.5) is 10.5 Å². The molecule has 2 aliphatic rings. The van der Waals surface area contributed by atoms with E-state index in [2.05, 4.69) is 10.2 Å². The second-order valence-corrected chi connectivity index (χ2v) is 9.29. The number of nitrogens with zero attached hydrogens (tertiary/aromatic N) is 2. The van der Waals surface area contributed by atoms with E-state index in [1.807, 2.05) is 19.9 Å². The number of ether oxygens (including phenoxy) is 3. The standard InChI is InChI=1S/C26H37N3O6/c1-17(9-11-21(30)34-15-14-29-12-6-7-13-29)8-10-19-23(27-26(32)28(3)4)22-20(16-35-25(22)31)18(2)24(19)33-5/h8H,6-7,9-16H2,1-5H3,(H,27,32). The van der Waals surface area contributed by atoms with Crippen molar-refractivity contribution in [1.82, 2.24) is 9.80 Å². The van der Waals surface area contributed by atoms with Crippen LogP contribution in [0.1, 0.15) is 59.7 Å². The van der Waals surface area contributed by atoms with Gasteiger partial charge < -0.3 is 24.4 Å². The van der Waals surface area contributed by atoms with E-state index < -0.39 is 5.97 Å². The SMILES string of the molecule is COc1c(C)c2c(c(NC(=O)N(C)C)c1CC=C(C)CCC(=O)OCCN1CCCC1)C(=O)OC2. The van der Waals surface area contributed by atoms with Gasteiger partial charge in [0.25, 0.3) is 0 Å². The predicted octanol–water partition coefficient (Wildman–Crippen LogP) is 3.68. The Hall–Kier alpha value is -3.07. The molecule has 2 amide bonds. The summed E-state index contributed by atoms with van der Waals surface area (Å²) in [5.41, 5.74) is 4.04. The molecule has 0 saturated carbocycles. The van der Waals surface area contributed by atoms with Crippen LogP contribution in [0, 0.1) is 6.92 Å². The summed E-state index contributed by atoms with van der Waals surface area (Å²) in [6.07, 6.45) is 5.72. The average molecular weight is 488 g/mol. The van der Waals surface area contributed by atoms with Crippen LogP contribution in [0.3, 0.4) is 0 Å². The Bertz CT molecular complexity index is 996. The summed E-state index contributed by atoms with van der Waals surface area (Å²) in [5.74, 6) is -0.0514. The molecule has 2 aliphatic heterocycles. The van der Waals surface area contributed by atoms with Crippen molar-refractivity contribution in [2.75, 3.05) is 52.8 Å². The fourth-order valence-corrected chi connectivity index (χ4v) is 4.45. The molecule has 0 aliphatic carbocycles. The van der Waals surface area contributed by atoms with Gasteiger partial charge in [0, 0.05) is 38.2 Å². The number of esters is 2. The molecule has 1 aromatic rings. The summed E-state index contributed by atoms with van der Waals surface area (Å²) in [4.78, 5) is 40.9.